The highest BCUT2D eigenvalue weighted by Crippen LogP contribution is 2.21. The number of amides is 1. The Morgan fingerprint density at radius 2 is 1.86 bits per heavy atom. The second kappa shape index (κ2) is 11.3. The van der Waals surface area contributed by atoms with Gasteiger partial charge in [0.05, 0.1) is 41.7 Å². The quantitative estimate of drug-likeness (QED) is 0.244. The third-order valence-electron chi connectivity index (χ3n) is 6.05. The van der Waals surface area contributed by atoms with E-state index in [2.05, 4.69) is 34.7 Å². The number of hydrogen-bond donors (Lipinski definition) is 1. The topological polar surface area (TPSA) is 94.3 Å². The van der Waals surface area contributed by atoms with Crippen LogP contribution in [-0.4, -0.2) is 76.4 Å². The average molecular weight is 543 g/mol. The van der Waals surface area contributed by atoms with E-state index in [1.165, 1.54) is 11.3 Å². The number of ether oxygens (including phenoxy) is 1. The maximum atomic E-state index is 13.0. The lowest BCUT2D eigenvalue weighted by molar-refractivity contribution is -0.997. The second-order valence-electron chi connectivity index (χ2n) is 9.05. The van der Waals surface area contributed by atoms with Gasteiger partial charge in [0.1, 0.15) is 18.8 Å². The molecule has 1 amide bonds. The molecule has 4 aromatic rings. The van der Waals surface area contributed by atoms with Crippen LogP contribution in [-0.2, 0) is 6.54 Å². The molecule has 0 saturated heterocycles. The van der Waals surface area contributed by atoms with E-state index in [1.54, 1.807) is 45.9 Å². The van der Waals surface area contributed by atoms with Crippen LogP contribution in [0.25, 0.3) is 11.4 Å². The summed E-state index contributed by atoms with van der Waals surface area (Å²) in [6, 6.07) is 14.2. The van der Waals surface area contributed by atoms with E-state index in [1.807, 2.05) is 38.4 Å². The third kappa shape index (κ3) is 6.44. The third-order valence-corrected chi connectivity index (χ3v) is 7.28. The summed E-state index contributed by atoms with van der Waals surface area (Å²) in [5.41, 5.74) is 1.85. The standard InChI is InChI=1S/C25H28ClN7O3S/c1-30(2)33(3,4)14-15-36-21-6-5-13-31(25(21)35)19-7-9-20(10-8-19)32-17-18(28-29-32)16-27-24(34)22-11-12-23(26)37-22/h5-13,17H,14-16H2,1-4H3/p+1. The van der Waals surface area contributed by atoms with Gasteiger partial charge in [0, 0.05) is 26.0 Å². The predicted octanol–water partition coefficient (Wildman–Crippen LogP) is 2.99. The first-order valence-corrected chi connectivity index (χ1v) is 12.7. The van der Waals surface area contributed by atoms with Crippen molar-refractivity contribution in [3.8, 4) is 17.1 Å². The molecule has 3 heterocycles. The second-order valence-corrected chi connectivity index (χ2v) is 10.8. The van der Waals surface area contributed by atoms with Crippen LogP contribution in [0.3, 0.4) is 0 Å². The van der Waals surface area contributed by atoms with Crippen molar-refractivity contribution in [3.63, 3.8) is 0 Å². The minimum absolute atomic E-state index is 0.215. The maximum absolute atomic E-state index is 13.0. The van der Waals surface area contributed by atoms with Gasteiger partial charge in [0.2, 0.25) is 0 Å². The Kier molecular flexibility index (Phi) is 8.08. The van der Waals surface area contributed by atoms with Gasteiger partial charge in [0.15, 0.2) is 5.75 Å². The number of halogens is 1. The Morgan fingerprint density at radius 3 is 2.54 bits per heavy atom. The van der Waals surface area contributed by atoms with Crippen LogP contribution >= 0.6 is 22.9 Å². The first kappa shape index (κ1) is 26.6. The zero-order valence-electron chi connectivity index (χ0n) is 21.1. The lowest BCUT2D eigenvalue weighted by Crippen LogP contribution is -2.52. The van der Waals surface area contributed by atoms with Gasteiger partial charge in [-0.25, -0.2) is 9.27 Å². The molecule has 0 fully saturated rings. The average Bonchev–Trinajstić information content (AvgIpc) is 3.53. The number of carbonyl (C=O) groups is 1. The van der Waals surface area contributed by atoms with Gasteiger partial charge in [-0.05, 0) is 48.5 Å². The zero-order chi connectivity index (χ0) is 26.6. The van der Waals surface area contributed by atoms with Crippen molar-refractivity contribution in [1.29, 1.82) is 0 Å². The van der Waals surface area contributed by atoms with Gasteiger partial charge in [-0.1, -0.05) is 16.8 Å². The molecular weight excluding hydrogens is 514 g/mol. The van der Waals surface area contributed by atoms with Crippen molar-refractivity contribution in [1.82, 2.24) is 29.9 Å². The molecule has 12 heteroatoms. The van der Waals surface area contributed by atoms with Gasteiger partial charge in [-0.2, -0.15) is 5.01 Å². The Bertz CT molecular complexity index is 1430. The number of likely N-dealkylation sites (N-methyl/N-ethyl adjacent to an activating group) is 1. The molecule has 0 saturated carbocycles. The minimum Gasteiger partial charge on any atom is -0.482 e. The fourth-order valence-corrected chi connectivity index (χ4v) is 4.29. The highest BCUT2D eigenvalue weighted by molar-refractivity contribution is 7.17. The minimum atomic E-state index is -0.226. The first-order valence-electron chi connectivity index (χ1n) is 11.5. The molecule has 194 valence electrons. The molecule has 0 bridgehead atoms. The van der Waals surface area contributed by atoms with Crippen LogP contribution in [0.5, 0.6) is 5.75 Å². The summed E-state index contributed by atoms with van der Waals surface area (Å²) in [5.74, 6) is 0.0889. The highest BCUT2D eigenvalue weighted by atomic mass is 35.5. The van der Waals surface area contributed by atoms with Crippen molar-refractivity contribution >= 4 is 28.8 Å². The van der Waals surface area contributed by atoms with E-state index in [-0.39, 0.29) is 18.0 Å². The molecule has 3 aromatic heterocycles. The lowest BCUT2D eigenvalue weighted by atomic mass is 10.2. The molecular formula is C25H29ClN7O3S+. The molecule has 1 N–H and O–H groups in total. The predicted molar refractivity (Wildman–Crippen MR) is 144 cm³/mol. The number of pyridine rings is 1. The van der Waals surface area contributed by atoms with Gasteiger partial charge >= 0.3 is 0 Å². The fourth-order valence-electron chi connectivity index (χ4n) is 3.33. The van der Waals surface area contributed by atoms with Crippen LogP contribution in [0, 0.1) is 0 Å². The number of hydrogen-bond acceptors (Lipinski definition) is 7. The Labute approximate surface area is 223 Å². The Hall–Kier alpha value is -3.51. The van der Waals surface area contributed by atoms with Crippen molar-refractivity contribution in [3.05, 3.63) is 86.2 Å². The molecule has 0 aliphatic heterocycles. The number of rotatable bonds is 10. The summed E-state index contributed by atoms with van der Waals surface area (Å²) in [5, 5.41) is 13.2. The Balaban J connectivity index is 1.40. The van der Waals surface area contributed by atoms with Crippen molar-refractivity contribution in [2.45, 2.75) is 6.54 Å². The number of nitrogens with zero attached hydrogens (tertiary/aromatic N) is 6. The van der Waals surface area contributed by atoms with Gasteiger partial charge in [-0.3, -0.25) is 14.2 Å². The number of thiophene rings is 1. The summed E-state index contributed by atoms with van der Waals surface area (Å²) >= 11 is 7.11. The molecule has 0 spiro atoms. The van der Waals surface area contributed by atoms with Crippen LogP contribution in [0.2, 0.25) is 4.34 Å². The number of aromatic nitrogens is 4. The van der Waals surface area contributed by atoms with Crippen LogP contribution in [0.1, 0.15) is 15.4 Å². The molecule has 0 atom stereocenters. The van der Waals surface area contributed by atoms with E-state index < -0.39 is 0 Å². The summed E-state index contributed by atoms with van der Waals surface area (Å²) in [6.07, 6.45) is 3.45. The molecule has 0 unspecified atom stereocenters. The van der Waals surface area contributed by atoms with Crippen molar-refractivity contribution in [2.24, 2.45) is 0 Å². The van der Waals surface area contributed by atoms with Crippen molar-refractivity contribution < 1.29 is 14.1 Å². The fraction of sp³-hybridized carbons (Fsp3) is 0.280. The van der Waals surface area contributed by atoms with Gasteiger partial charge in [-0.15, -0.1) is 16.4 Å². The van der Waals surface area contributed by atoms with E-state index >= 15 is 0 Å². The molecule has 0 aliphatic carbocycles. The SMILES string of the molecule is CN(C)[N+](C)(C)CCOc1cccn(-c2ccc(-n3cc(CNC(=O)c4ccc(Cl)s4)nn3)cc2)c1=O. The van der Waals surface area contributed by atoms with Crippen LogP contribution in [0.15, 0.2) is 65.7 Å². The Morgan fingerprint density at radius 1 is 1.14 bits per heavy atom. The summed E-state index contributed by atoms with van der Waals surface area (Å²) in [4.78, 5) is 25.7. The van der Waals surface area contributed by atoms with Gasteiger partial charge in [0.25, 0.3) is 11.5 Å². The molecule has 4 rings (SSSR count). The molecule has 1 aromatic carbocycles. The van der Waals surface area contributed by atoms with E-state index in [0.29, 0.717) is 37.5 Å². The highest BCUT2D eigenvalue weighted by Gasteiger charge is 2.18. The monoisotopic (exact) mass is 542 g/mol. The summed E-state index contributed by atoms with van der Waals surface area (Å²) < 4.78 is 10.2. The lowest BCUT2D eigenvalue weighted by Gasteiger charge is -2.34. The molecule has 10 nitrogen and oxygen atoms in total. The maximum Gasteiger partial charge on any atom is 0.297 e. The van der Waals surface area contributed by atoms with Crippen LogP contribution < -0.4 is 15.6 Å². The van der Waals surface area contributed by atoms with Gasteiger partial charge < -0.3 is 10.1 Å². The first-order chi connectivity index (χ1) is 17.6. The summed E-state index contributed by atoms with van der Waals surface area (Å²) in [6.45, 7) is 1.38. The van der Waals surface area contributed by atoms with Crippen molar-refractivity contribution in [2.75, 3.05) is 41.3 Å². The molecule has 0 aliphatic rings. The molecule has 37 heavy (non-hydrogen) atoms. The zero-order valence-corrected chi connectivity index (χ0v) is 22.7. The smallest absolute Gasteiger partial charge is 0.297 e. The largest absolute Gasteiger partial charge is 0.482 e. The molecule has 0 radical (unpaired) electrons. The van der Waals surface area contributed by atoms with Crippen LogP contribution in [0.4, 0.5) is 0 Å². The number of benzene rings is 1. The van der Waals surface area contributed by atoms with E-state index in [0.717, 1.165) is 12.2 Å². The number of quaternary nitrogens is 1. The van der Waals surface area contributed by atoms with E-state index in [9.17, 15) is 9.59 Å². The number of nitrogens with one attached hydrogen (secondary N) is 1. The number of carbonyl (C=O) groups excluding carboxylic acids is 1. The van der Waals surface area contributed by atoms with E-state index in [4.69, 9.17) is 16.3 Å². The normalized spacial score (nSPS) is 11.6. The summed E-state index contributed by atoms with van der Waals surface area (Å²) in [7, 11) is 8.15.